The molecule has 0 bridgehead atoms. The first-order valence-electron chi connectivity index (χ1n) is 5.81. The molecule has 1 aliphatic rings. The van der Waals surface area contributed by atoms with E-state index < -0.39 is 11.7 Å². The summed E-state index contributed by atoms with van der Waals surface area (Å²) in [5.41, 5.74) is 6.70. The van der Waals surface area contributed by atoms with Gasteiger partial charge < -0.3 is 10.6 Å². The molecule has 1 heterocycles. The van der Waals surface area contributed by atoms with Crippen LogP contribution in [0.1, 0.15) is 12.0 Å². The van der Waals surface area contributed by atoms with E-state index in [1.165, 1.54) is 17.7 Å². The van der Waals surface area contributed by atoms with Crippen molar-refractivity contribution in [3.8, 4) is 0 Å². The van der Waals surface area contributed by atoms with E-state index in [0.29, 0.717) is 25.3 Å². The van der Waals surface area contributed by atoms with Crippen molar-refractivity contribution in [2.24, 2.45) is 5.73 Å². The van der Waals surface area contributed by atoms with Crippen LogP contribution in [0.5, 0.6) is 0 Å². The molecule has 0 aliphatic carbocycles. The number of alkyl halides is 3. The Morgan fingerprint density at radius 2 is 2.06 bits per heavy atom. The molecular weight excluding hydrogens is 241 g/mol. The fourth-order valence-electron chi connectivity index (χ4n) is 2.01. The molecule has 0 atom stereocenters. The lowest BCUT2D eigenvalue weighted by Gasteiger charge is -2.28. The smallest absolute Gasteiger partial charge is 0.367 e. The Kier molecular flexibility index (Phi) is 3.61. The monoisotopic (exact) mass is 256 g/mol. The molecule has 18 heavy (non-hydrogen) atoms. The van der Waals surface area contributed by atoms with Gasteiger partial charge in [0, 0.05) is 25.3 Å². The minimum atomic E-state index is -4.29. The highest BCUT2D eigenvalue weighted by Gasteiger charge is 2.30. The fraction of sp³-hybridized carbons (Fsp3) is 0.385. The number of rotatable bonds is 2. The van der Waals surface area contributed by atoms with Gasteiger partial charge in [0.15, 0.2) is 0 Å². The van der Waals surface area contributed by atoms with Gasteiger partial charge in [-0.3, -0.25) is 0 Å². The molecule has 5 heteroatoms. The van der Waals surface area contributed by atoms with E-state index in [2.05, 4.69) is 0 Å². The lowest BCUT2D eigenvalue weighted by molar-refractivity contribution is -0.137. The maximum Gasteiger partial charge on any atom is 0.416 e. The van der Waals surface area contributed by atoms with E-state index in [-0.39, 0.29) is 0 Å². The largest absolute Gasteiger partial charge is 0.416 e. The molecule has 0 saturated carbocycles. The maximum atomic E-state index is 12.6. The van der Waals surface area contributed by atoms with E-state index in [1.54, 1.807) is 6.07 Å². The van der Waals surface area contributed by atoms with Gasteiger partial charge in [-0.25, -0.2) is 0 Å². The molecule has 0 aromatic heterocycles. The van der Waals surface area contributed by atoms with Gasteiger partial charge in [-0.05, 0) is 24.6 Å². The average molecular weight is 256 g/mol. The third-order valence-electron chi connectivity index (χ3n) is 3.10. The van der Waals surface area contributed by atoms with E-state index >= 15 is 0 Å². The molecule has 0 spiro atoms. The lowest BCUT2D eigenvalue weighted by Crippen LogP contribution is -2.30. The molecule has 1 aliphatic heterocycles. The van der Waals surface area contributed by atoms with Crippen molar-refractivity contribution in [1.82, 2.24) is 0 Å². The molecular formula is C13H15F3N2. The SMILES string of the molecule is NCC1=CCN(c2cccc(C(F)(F)F)c2)CC1. The maximum absolute atomic E-state index is 12.6. The molecule has 0 fully saturated rings. The Morgan fingerprint density at radius 3 is 2.61 bits per heavy atom. The van der Waals surface area contributed by atoms with Crippen molar-refractivity contribution in [2.75, 3.05) is 24.5 Å². The van der Waals surface area contributed by atoms with Gasteiger partial charge in [0.2, 0.25) is 0 Å². The normalized spacial score (nSPS) is 16.7. The summed E-state index contributed by atoms with van der Waals surface area (Å²) in [6.45, 7) is 1.86. The van der Waals surface area contributed by atoms with Crippen LogP contribution in [0.4, 0.5) is 18.9 Å². The second-order valence-corrected chi connectivity index (χ2v) is 4.31. The predicted octanol–water partition coefficient (Wildman–Crippen LogP) is 2.80. The molecule has 0 unspecified atom stereocenters. The van der Waals surface area contributed by atoms with Crippen LogP contribution in [-0.4, -0.2) is 19.6 Å². The zero-order chi connectivity index (χ0) is 13.2. The summed E-state index contributed by atoms with van der Waals surface area (Å²) in [7, 11) is 0. The highest BCUT2D eigenvalue weighted by molar-refractivity contribution is 5.50. The van der Waals surface area contributed by atoms with Crippen LogP contribution in [0.25, 0.3) is 0 Å². The third kappa shape index (κ3) is 2.85. The van der Waals surface area contributed by atoms with Gasteiger partial charge in [-0.15, -0.1) is 0 Å². The summed E-state index contributed by atoms with van der Waals surface area (Å²) in [5, 5.41) is 0. The number of nitrogens with zero attached hydrogens (tertiary/aromatic N) is 1. The number of hydrogen-bond donors (Lipinski definition) is 1. The summed E-state index contributed by atoms with van der Waals surface area (Å²) in [4.78, 5) is 1.92. The molecule has 2 nitrogen and oxygen atoms in total. The molecule has 1 aromatic rings. The van der Waals surface area contributed by atoms with Crippen molar-refractivity contribution in [3.05, 3.63) is 41.5 Å². The number of benzene rings is 1. The summed E-state index contributed by atoms with van der Waals surface area (Å²) in [6, 6.07) is 5.44. The summed E-state index contributed by atoms with van der Waals surface area (Å²) < 4.78 is 37.8. The number of anilines is 1. The van der Waals surface area contributed by atoms with Crippen LogP contribution >= 0.6 is 0 Å². The molecule has 1 aromatic carbocycles. The third-order valence-corrected chi connectivity index (χ3v) is 3.10. The van der Waals surface area contributed by atoms with Gasteiger partial charge in [-0.2, -0.15) is 13.2 Å². The van der Waals surface area contributed by atoms with Gasteiger partial charge in [0.1, 0.15) is 0 Å². The molecule has 2 N–H and O–H groups in total. The lowest BCUT2D eigenvalue weighted by atomic mass is 10.1. The van der Waals surface area contributed by atoms with Crippen molar-refractivity contribution < 1.29 is 13.2 Å². The van der Waals surface area contributed by atoms with Crippen LogP contribution in [0.3, 0.4) is 0 Å². The van der Waals surface area contributed by atoms with Crippen molar-refractivity contribution in [2.45, 2.75) is 12.6 Å². The predicted molar refractivity (Wildman–Crippen MR) is 65.4 cm³/mol. The Bertz CT molecular complexity index is 452. The van der Waals surface area contributed by atoms with Crippen molar-refractivity contribution in [3.63, 3.8) is 0 Å². The molecule has 98 valence electrons. The minimum absolute atomic E-state index is 0.524. The van der Waals surface area contributed by atoms with Crippen LogP contribution in [-0.2, 0) is 6.18 Å². The van der Waals surface area contributed by atoms with E-state index in [0.717, 1.165) is 12.5 Å². The zero-order valence-electron chi connectivity index (χ0n) is 9.87. The number of halogens is 3. The van der Waals surface area contributed by atoms with Gasteiger partial charge in [-0.1, -0.05) is 17.7 Å². The van der Waals surface area contributed by atoms with Crippen LogP contribution in [0.15, 0.2) is 35.9 Å². The van der Waals surface area contributed by atoms with Gasteiger partial charge in [0.25, 0.3) is 0 Å². The molecule has 0 radical (unpaired) electrons. The van der Waals surface area contributed by atoms with Gasteiger partial charge in [0.05, 0.1) is 5.56 Å². The summed E-state index contributed by atoms with van der Waals surface area (Å²) in [5.74, 6) is 0. The highest BCUT2D eigenvalue weighted by atomic mass is 19.4. The second kappa shape index (κ2) is 5.02. The molecule has 2 rings (SSSR count). The number of nitrogens with two attached hydrogens (primary N) is 1. The van der Waals surface area contributed by atoms with Gasteiger partial charge >= 0.3 is 6.18 Å². The Balaban J connectivity index is 2.18. The quantitative estimate of drug-likeness (QED) is 0.824. The summed E-state index contributed by atoms with van der Waals surface area (Å²) in [6.07, 6.45) is -1.49. The fourth-order valence-corrected chi connectivity index (χ4v) is 2.01. The first kappa shape index (κ1) is 13.0. The summed E-state index contributed by atoms with van der Waals surface area (Å²) >= 11 is 0. The first-order chi connectivity index (χ1) is 8.50. The molecule has 0 amide bonds. The average Bonchev–Trinajstić information content (AvgIpc) is 2.38. The van der Waals surface area contributed by atoms with Crippen LogP contribution in [0, 0.1) is 0 Å². The molecule has 0 saturated heterocycles. The Hall–Kier alpha value is -1.49. The van der Waals surface area contributed by atoms with E-state index in [4.69, 9.17) is 5.73 Å². The van der Waals surface area contributed by atoms with Crippen molar-refractivity contribution >= 4 is 5.69 Å². The van der Waals surface area contributed by atoms with E-state index in [1.807, 2.05) is 11.0 Å². The number of hydrogen-bond acceptors (Lipinski definition) is 2. The minimum Gasteiger partial charge on any atom is -0.367 e. The standard InChI is InChI=1S/C13H15F3N2/c14-13(15,16)11-2-1-3-12(8-11)18-6-4-10(9-17)5-7-18/h1-4,8H,5-7,9,17H2. The Labute approximate surface area is 104 Å². The first-order valence-corrected chi connectivity index (χ1v) is 5.81. The topological polar surface area (TPSA) is 29.3 Å². The van der Waals surface area contributed by atoms with Crippen LogP contribution < -0.4 is 10.6 Å². The Morgan fingerprint density at radius 1 is 1.28 bits per heavy atom. The van der Waals surface area contributed by atoms with Crippen molar-refractivity contribution in [1.29, 1.82) is 0 Å². The highest BCUT2D eigenvalue weighted by Crippen LogP contribution is 2.32. The zero-order valence-corrected chi connectivity index (χ0v) is 9.87. The van der Waals surface area contributed by atoms with E-state index in [9.17, 15) is 13.2 Å². The van der Waals surface area contributed by atoms with Crippen LogP contribution in [0.2, 0.25) is 0 Å². The second-order valence-electron chi connectivity index (χ2n) is 4.31.